The van der Waals surface area contributed by atoms with Crippen LogP contribution in [0, 0.1) is 5.92 Å². The molecule has 1 aliphatic carbocycles. The molecule has 4 rings (SSSR count). The Kier molecular flexibility index (Phi) is 7.29. The molecule has 1 saturated heterocycles. The van der Waals surface area contributed by atoms with Crippen molar-refractivity contribution in [2.24, 2.45) is 5.92 Å². The fraction of sp³-hybridized carbons (Fsp3) is 0.391. The van der Waals surface area contributed by atoms with Gasteiger partial charge in [0.2, 0.25) is 5.91 Å². The third-order valence-electron chi connectivity index (χ3n) is 5.53. The first kappa shape index (κ1) is 21.3. The highest BCUT2D eigenvalue weighted by molar-refractivity contribution is 5.96. The third-order valence-corrected chi connectivity index (χ3v) is 5.53. The largest absolute Gasteiger partial charge is 0.332 e. The topological polar surface area (TPSA) is 61.4 Å². The summed E-state index contributed by atoms with van der Waals surface area (Å²) in [5, 5.41) is 6.06. The van der Waals surface area contributed by atoms with Gasteiger partial charge in [-0.25, -0.2) is 0 Å². The van der Waals surface area contributed by atoms with E-state index in [-0.39, 0.29) is 30.3 Å². The Morgan fingerprint density at radius 2 is 1.69 bits per heavy atom. The van der Waals surface area contributed by atoms with Crippen LogP contribution in [-0.2, 0) is 4.79 Å². The zero-order valence-electron chi connectivity index (χ0n) is 16.5. The molecule has 6 heteroatoms. The highest BCUT2D eigenvalue weighted by Crippen LogP contribution is 2.33. The SMILES string of the molecule is Cl.O=C(CNCC1CC1)Nc1ccc(C(=O)N2CCCC2c2ccccc2)cc1. The van der Waals surface area contributed by atoms with Gasteiger partial charge in [-0.15, -0.1) is 12.4 Å². The van der Waals surface area contributed by atoms with Gasteiger partial charge < -0.3 is 15.5 Å². The van der Waals surface area contributed by atoms with Crippen molar-refractivity contribution < 1.29 is 9.59 Å². The quantitative estimate of drug-likeness (QED) is 0.720. The standard InChI is InChI=1S/C23H27N3O2.ClH/c27-22(16-24-15-17-8-9-17)25-20-12-10-19(11-13-20)23(28)26-14-4-7-21(26)18-5-2-1-3-6-18;/h1-3,5-6,10-13,17,21,24H,4,7-9,14-16H2,(H,25,27);1H. The van der Waals surface area contributed by atoms with E-state index < -0.39 is 0 Å². The first-order chi connectivity index (χ1) is 13.7. The number of benzene rings is 2. The van der Waals surface area contributed by atoms with Crippen LogP contribution in [0.3, 0.4) is 0 Å². The Bertz CT molecular complexity index is 822. The summed E-state index contributed by atoms with van der Waals surface area (Å²) in [5.41, 5.74) is 2.57. The number of hydrogen-bond acceptors (Lipinski definition) is 3. The Labute approximate surface area is 178 Å². The Morgan fingerprint density at radius 1 is 0.966 bits per heavy atom. The summed E-state index contributed by atoms with van der Waals surface area (Å²) in [6.07, 6.45) is 4.56. The minimum atomic E-state index is -0.0524. The van der Waals surface area contributed by atoms with Gasteiger partial charge in [0.1, 0.15) is 0 Å². The second kappa shape index (κ2) is 9.90. The van der Waals surface area contributed by atoms with Crippen LogP contribution in [0.1, 0.15) is 47.6 Å². The molecule has 2 N–H and O–H groups in total. The average Bonchev–Trinajstić information content (AvgIpc) is 3.41. The van der Waals surface area contributed by atoms with Gasteiger partial charge >= 0.3 is 0 Å². The molecule has 2 aromatic carbocycles. The van der Waals surface area contributed by atoms with Crippen molar-refractivity contribution in [1.29, 1.82) is 0 Å². The van der Waals surface area contributed by atoms with Gasteiger partial charge in [0, 0.05) is 17.8 Å². The molecule has 1 unspecified atom stereocenters. The maximum Gasteiger partial charge on any atom is 0.254 e. The van der Waals surface area contributed by atoms with E-state index in [0.29, 0.717) is 12.1 Å². The lowest BCUT2D eigenvalue weighted by atomic mass is 10.0. The van der Waals surface area contributed by atoms with Crippen LogP contribution in [0.5, 0.6) is 0 Å². The van der Waals surface area contributed by atoms with Gasteiger partial charge in [-0.1, -0.05) is 30.3 Å². The fourth-order valence-corrected chi connectivity index (χ4v) is 3.81. The van der Waals surface area contributed by atoms with Crippen molar-refractivity contribution in [2.45, 2.75) is 31.7 Å². The molecule has 0 bridgehead atoms. The molecule has 0 aromatic heterocycles. The summed E-state index contributed by atoms with van der Waals surface area (Å²) >= 11 is 0. The fourth-order valence-electron chi connectivity index (χ4n) is 3.81. The molecule has 2 amide bonds. The highest BCUT2D eigenvalue weighted by atomic mass is 35.5. The molecule has 1 heterocycles. The van der Waals surface area contributed by atoms with Crippen LogP contribution < -0.4 is 10.6 Å². The maximum atomic E-state index is 13.0. The lowest BCUT2D eigenvalue weighted by molar-refractivity contribution is -0.115. The molecule has 2 aliphatic rings. The van der Waals surface area contributed by atoms with Crippen molar-refractivity contribution in [3.05, 3.63) is 65.7 Å². The monoisotopic (exact) mass is 413 g/mol. The number of anilines is 1. The number of carbonyl (C=O) groups excluding carboxylic acids is 2. The van der Waals surface area contributed by atoms with Crippen molar-refractivity contribution in [2.75, 3.05) is 25.0 Å². The predicted octanol–water partition coefficient (Wildman–Crippen LogP) is 4.02. The van der Waals surface area contributed by atoms with Crippen molar-refractivity contribution in [3.63, 3.8) is 0 Å². The Morgan fingerprint density at radius 3 is 2.38 bits per heavy atom. The van der Waals surface area contributed by atoms with E-state index in [1.165, 1.54) is 18.4 Å². The number of nitrogens with one attached hydrogen (secondary N) is 2. The molecule has 1 aliphatic heterocycles. The number of likely N-dealkylation sites (tertiary alicyclic amines) is 1. The first-order valence-corrected chi connectivity index (χ1v) is 10.2. The van der Waals surface area contributed by atoms with Crippen LogP contribution in [-0.4, -0.2) is 36.3 Å². The van der Waals surface area contributed by atoms with Gasteiger partial charge in [-0.05, 0) is 68.0 Å². The van der Waals surface area contributed by atoms with E-state index >= 15 is 0 Å². The second-order valence-corrected chi connectivity index (χ2v) is 7.77. The smallest absolute Gasteiger partial charge is 0.254 e. The molecule has 2 aromatic rings. The molecule has 154 valence electrons. The van der Waals surface area contributed by atoms with Crippen LogP contribution in [0.4, 0.5) is 5.69 Å². The van der Waals surface area contributed by atoms with E-state index in [4.69, 9.17) is 0 Å². The lowest BCUT2D eigenvalue weighted by Gasteiger charge is -2.25. The van der Waals surface area contributed by atoms with Crippen LogP contribution in [0.15, 0.2) is 54.6 Å². The van der Waals surface area contributed by atoms with Gasteiger partial charge in [-0.2, -0.15) is 0 Å². The molecule has 29 heavy (non-hydrogen) atoms. The molecule has 1 saturated carbocycles. The number of nitrogens with zero attached hydrogens (tertiary/aromatic N) is 1. The third kappa shape index (κ3) is 5.58. The van der Waals surface area contributed by atoms with Crippen LogP contribution in [0.2, 0.25) is 0 Å². The molecule has 0 radical (unpaired) electrons. The van der Waals surface area contributed by atoms with Crippen LogP contribution in [0.25, 0.3) is 0 Å². The van der Waals surface area contributed by atoms with E-state index in [1.807, 2.05) is 23.1 Å². The Hall–Kier alpha value is -2.37. The molecule has 2 fully saturated rings. The number of carbonyl (C=O) groups is 2. The number of hydrogen-bond donors (Lipinski definition) is 2. The minimum Gasteiger partial charge on any atom is -0.332 e. The summed E-state index contributed by atoms with van der Waals surface area (Å²) in [7, 11) is 0. The molecule has 1 atom stereocenters. The lowest BCUT2D eigenvalue weighted by Crippen LogP contribution is -2.30. The number of amides is 2. The zero-order chi connectivity index (χ0) is 19.3. The second-order valence-electron chi connectivity index (χ2n) is 7.77. The van der Waals surface area contributed by atoms with Crippen molar-refractivity contribution >= 4 is 29.9 Å². The highest BCUT2D eigenvalue weighted by Gasteiger charge is 2.30. The Balaban J connectivity index is 0.00000240. The normalized spacial score (nSPS) is 18.2. The number of halogens is 1. The van der Waals surface area contributed by atoms with Crippen molar-refractivity contribution in [1.82, 2.24) is 10.2 Å². The van der Waals surface area contributed by atoms with Crippen LogP contribution >= 0.6 is 12.4 Å². The zero-order valence-corrected chi connectivity index (χ0v) is 17.3. The van der Waals surface area contributed by atoms with E-state index in [2.05, 4.69) is 22.8 Å². The van der Waals surface area contributed by atoms with Gasteiger partial charge in [-0.3, -0.25) is 9.59 Å². The summed E-state index contributed by atoms with van der Waals surface area (Å²) in [4.78, 5) is 27.0. The van der Waals surface area contributed by atoms with Gasteiger partial charge in [0.15, 0.2) is 0 Å². The van der Waals surface area contributed by atoms with Crippen molar-refractivity contribution in [3.8, 4) is 0 Å². The summed E-state index contributed by atoms with van der Waals surface area (Å²) in [5.74, 6) is 0.752. The maximum absolute atomic E-state index is 13.0. The molecule has 0 spiro atoms. The minimum absolute atomic E-state index is 0. The van der Waals surface area contributed by atoms with Gasteiger partial charge in [0.05, 0.1) is 12.6 Å². The first-order valence-electron chi connectivity index (χ1n) is 10.2. The number of rotatable bonds is 7. The van der Waals surface area contributed by atoms with E-state index in [1.54, 1.807) is 24.3 Å². The molecular formula is C23H28ClN3O2. The average molecular weight is 414 g/mol. The van der Waals surface area contributed by atoms with Gasteiger partial charge in [0.25, 0.3) is 5.91 Å². The van der Waals surface area contributed by atoms with E-state index in [0.717, 1.165) is 37.5 Å². The summed E-state index contributed by atoms with van der Waals surface area (Å²) in [6.45, 7) is 2.02. The molecular weight excluding hydrogens is 386 g/mol. The van der Waals surface area contributed by atoms with E-state index in [9.17, 15) is 9.59 Å². The predicted molar refractivity (Wildman–Crippen MR) is 117 cm³/mol. The summed E-state index contributed by atoms with van der Waals surface area (Å²) < 4.78 is 0. The summed E-state index contributed by atoms with van der Waals surface area (Å²) in [6, 6.07) is 17.6. The molecule has 5 nitrogen and oxygen atoms in total.